The van der Waals surface area contributed by atoms with Crippen LogP contribution in [-0.2, 0) is 9.59 Å². The number of carbonyl (C=O) groups is 2. The highest BCUT2D eigenvalue weighted by molar-refractivity contribution is 6.35. The van der Waals surface area contributed by atoms with Crippen molar-refractivity contribution < 1.29 is 19.8 Å². The van der Waals surface area contributed by atoms with Gasteiger partial charge in [0.05, 0.1) is 5.92 Å². The molecule has 1 aromatic rings. The Hall–Kier alpha value is -1.26. The Morgan fingerprint density at radius 1 is 1.22 bits per heavy atom. The van der Waals surface area contributed by atoms with Crippen molar-refractivity contribution in [3.05, 3.63) is 33.8 Å². The van der Waals surface area contributed by atoms with E-state index in [2.05, 4.69) is 0 Å². The molecule has 18 heavy (non-hydrogen) atoms. The zero-order chi connectivity index (χ0) is 13.7. The molecule has 0 amide bonds. The van der Waals surface area contributed by atoms with E-state index in [9.17, 15) is 9.59 Å². The lowest BCUT2D eigenvalue weighted by molar-refractivity contribution is -0.140. The molecule has 0 aliphatic carbocycles. The number of halogens is 2. The molecule has 0 aromatic heterocycles. The van der Waals surface area contributed by atoms with E-state index in [4.69, 9.17) is 33.4 Å². The summed E-state index contributed by atoms with van der Waals surface area (Å²) < 4.78 is 0. The molecule has 0 aliphatic rings. The molecule has 1 unspecified atom stereocenters. The van der Waals surface area contributed by atoms with E-state index in [-0.39, 0.29) is 24.3 Å². The summed E-state index contributed by atoms with van der Waals surface area (Å²) >= 11 is 11.7. The molecule has 0 saturated carbocycles. The fourth-order valence-electron chi connectivity index (χ4n) is 1.65. The van der Waals surface area contributed by atoms with Gasteiger partial charge in [0.2, 0.25) is 0 Å². The van der Waals surface area contributed by atoms with Gasteiger partial charge >= 0.3 is 11.9 Å². The van der Waals surface area contributed by atoms with Crippen molar-refractivity contribution in [1.82, 2.24) is 0 Å². The first-order valence-corrected chi connectivity index (χ1v) is 6.07. The maximum Gasteiger partial charge on any atom is 0.311 e. The summed E-state index contributed by atoms with van der Waals surface area (Å²) in [6, 6.07) is 4.60. The van der Waals surface area contributed by atoms with E-state index in [0.29, 0.717) is 10.6 Å². The number of benzene rings is 1. The largest absolute Gasteiger partial charge is 0.481 e. The van der Waals surface area contributed by atoms with Crippen LogP contribution in [0.1, 0.15) is 30.7 Å². The van der Waals surface area contributed by atoms with Gasteiger partial charge in [-0.05, 0) is 30.5 Å². The van der Waals surface area contributed by atoms with Crippen LogP contribution in [0.15, 0.2) is 18.2 Å². The van der Waals surface area contributed by atoms with Gasteiger partial charge in [0.15, 0.2) is 0 Å². The first kappa shape index (κ1) is 14.8. The normalized spacial score (nSPS) is 12.1. The van der Waals surface area contributed by atoms with E-state index in [1.54, 1.807) is 12.1 Å². The molecule has 0 saturated heterocycles. The van der Waals surface area contributed by atoms with Gasteiger partial charge < -0.3 is 10.2 Å². The Labute approximate surface area is 114 Å². The Kier molecular flexibility index (Phi) is 5.44. The summed E-state index contributed by atoms with van der Waals surface area (Å²) in [4.78, 5) is 21.6. The maximum absolute atomic E-state index is 11.2. The highest BCUT2D eigenvalue weighted by Crippen LogP contribution is 2.31. The number of carboxylic acid groups (broad SMARTS) is 2. The van der Waals surface area contributed by atoms with E-state index in [1.165, 1.54) is 6.07 Å². The van der Waals surface area contributed by atoms with E-state index in [0.717, 1.165) is 0 Å². The van der Waals surface area contributed by atoms with Crippen molar-refractivity contribution in [3.63, 3.8) is 0 Å². The van der Waals surface area contributed by atoms with Crippen LogP contribution in [0.2, 0.25) is 10.0 Å². The summed E-state index contributed by atoms with van der Waals surface area (Å²) in [6.07, 6.45) is 0.448. The van der Waals surface area contributed by atoms with Crippen LogP contribution >= 0.6 is 23.2 Å². The van der Waals surface area contributed by atoms with Gasteiger partial charge in [-0.15, -0.1) is 0 Å². The SMILES string of the molecule is O=C(O)CCCC(C(=O)O)c1ccc(Cl)cc1Cl. The Morgan fingerprint density at radius 3 is 2.39 bits per heavy atom. The topological polar surface area (TPSA) is 74.6 Å². The molecule has 2 N–H and O–H groups in total. The monoisotopic (exact) mass is 290 g/mol. The van der Waals surface area contributed by atoms with Crippen LogP contribution in [-0.4, -0.2) is 22.2 Å². The molecule has 0 radical (unpaired) electrons. The van der Waals surface area contributed by atoms with Crippen LogP contribution in [0.3, 0.4) is 0 Å². The third-order valence-corrected chi connectivity index (χ3v) is 3.08. The first-order valence-electron chi connectivity index (χ1n) is 5.31. The van der Waals surface area contributed by atoms with Gasteiger partial charge in [0, 0.05) is 16.5 Å². The van der Waals surface area contributed by atoms with Crippen molar-refractivity contribution >= 4 is 35.1 Å². The lowest BCUT2D eigenvalue weighted by atomic mass is 9.93. The Balaban J connectivity index is 2.84. The summed E-state index contributed by atoms with van der Waals surface area (Å²) in [5.74, 6) is -2.78. The molecular weight excluding hydrogens is 279 g/mol. The highest BCUT2D eigenvalue weighted by Gasteiger charge is 2.22. The molecule has 0 spiro atoms. The van der Waals surface area contributed by atoms with Gasteiger partial charge in [-0.2, -0.15) is 0 Å². The van der Waals surface area contributed by atoms with Crippen LogP contribution in [0.25, 0.3) is 0 Å². The molecule has 0 heterocycles. The van der Waals surface area contributed by atoms with Gasteiger partial charge in [-0.25, -0.2) is 0 Å². The van der Waals surface area contributed by atoms with E-state index >= 15 is 0 Å². The van der Waals surface area contributed by atoms with Crippen LogP contribution < -0.4 is 0 Å². The number of aliphatic carboxylic acids is 2. The van der Waals surface area contributed by atoms with Gasteiger partial charge in [-0.1, -0.05) is 29.3 Å². The molecule has 0 bridgehead atoms. The number of hydrogen-bond donors (Lipinski definition) is 2. The van der Waals surface area contributed by atoms with Gasteiger partial charge in [0.1, 0.15) is 0 Å². The maximum atomic E-state index is 11.2. The third kappa shape index (κ3) is 4.20. The lowest BCUT2D eigenvalue weighted by Gasteiger charge is -2.14. The molecule has 1 rings (SSSR count). The second-order valence-corrected chi connectivity index (χ2v) is 4.69. The first-order chi connectivity index (χ1) is 8.41. The molecule has 1 atom stereocenters. The third-order valence-electron chi connectivity index (χ3n) is 2.52. The van der Waals surface area contributed by atoms with E-state index in [1.807, 2.05) is 0 Å². The van der Waals surface area contributed by atoms with Gasteiger partial charge in [-0.3, -0.25) is 9.59 Å². The van der Waals surface area contributed by atoms with Gasteiger partial charge in [0.25, 0.3) is 0 Å². The number of hydrogen-bond acceptors (Lipinski definition) is 2. The van der Waals surface area contributed by atoms with Crippen LogP contribution in [0.5, 0.6) is 0 Å². The number of carboxylic acids is 2. The van der Waals surface area contributed by atoms with Crippen molar-refractivity contribution in [2.45, 2.75) is 25.2 Å². The highest BCUT2D eigenvalue weighted by atomic mass is 35.5. The zero-order valence-electron chi connectivity index (χ0n) is 9.40. The quantitative estimate of drug-likeness (QED) is 0.842. The summed E-state index contributed by atoms with van der Waals surface area (Å²) in [5.41, 5.74) is 0.457. The molecule has 6 heteroatoms. The number of rotatable bonds is 6. The minimum atomic E-state index is -1.02. The second-order valence-electron chi connectivity index (χ2n) is 3.84. The predicted molar refractivity (Wildman–Crippen MR) is 68.3 cm³/mol. The fourth-order valence-corrected chi connectivity index (χ4v) is 2.19. The van der Waals surface area contributed by atoms with Crippen molar-refractivity contribution in [2.24, 2.45) is 0 Å². The minimum Gasteiger partial charge on any atom is -0.481 e. The van der Waals surface area contributed by atoms with Crippen LogP contribution in [0.4, 0.5) is 0 Å². The minimum absolute atomic E-state index is 0.0605. The molecule has 98 valence electrons. The van der Waals surface area contributed by atoms with E-state index < -0.39 is 17.9 Å². The fraction of sp³-hybridized carbons (Fsp3) is 0.333. The standard InChI is InChI=1S/C12H12Cl2O4/c13-7-4-5-8(10(14)6-7)9(12(17)18)2-1-3-11(15)16/h4-6,9H,1-3H2,(H,15,16)(H,17,18). The van der Waals surface area contributed by atoms with Crippen molar-refractivity contribution in [2.75, 3.05) is 0 Å². The molecule has 0 aliphatic heterocycles. The van der Waals surface area contributed by atoms with Crippen molar-refractivity contribution in [1.29, 1.82) is 0 Å². The Morgan fingerprint density at radius 2 is 1.89 bits per heavy atom. The molecule has 4 nitrogen and oxygen atoms in total. The predicted octanol–water partition coefficient (Wildman–Crippen LogP) is 3.42. The second kappa shape index (κ2) is 6.61. The average Bonchev–Trinajstić information content (AvgIpc) is 2.25. The molecular formula is C12H12Cl2O4. The summed E-state index contributed by atoms with van der Waals surface area (Å²) in [6.45, 7) is 0. The zero-order valence-corrected chi connectivity index (χ0v) is 10.9. The lowest BCUT2D eigenvalue weighted by Crippen LogP contribution is -2.12. The molecule has 0 fully saturated rings. The average molecular weight is 291 g/mol. The smallest absolute Gasteiger partial charge is 0.311 e. The Bertz CT molecular complexity index is 459. The summed E-state index contributed by atoms with van der Waals surface area (Å²) in [7, 11) is 0. The molecule has 1 aromatic carbocycles. The summed E-state index contributed by atoms with van der Waals surface area (Å²) in [5, 5.41) is 18.4. The van der Waals surface area contributed by atoms with Crippen molar-refractivity contribution in [3.8, 4) is 0 Å². The van der Waals surface area contributed by atoms with Crippen LogP contribution in [0, 0.1) is 0 Å².